The van der Waals surface area contributed by atoms with Crippen molar-refractivity contribution in [3.05, 3.63) is 12.4 Å². The van der Waals surface area contributed by atoms with Crippen molar-refractivity contribution in [1.82, 2.24) is 20.3 Å². The van der Waals surface area contributed by atoms with Crippen molar-refractivity contribution in [2.24, 2.45) is 0 Å². The summed E-state index contributed by atoms with van der Waals surface area (Å²) >= 11 is 0. The van der Waals surface area contributed by atoms with E-state index in [4.69, 9.17) is 0 Å². The molecular weight excluding hydrogens is 192 g/mol. The van der Waals surface area contributed by atoms with Crippen LogP contribution in [0.4, 0.5) is 0 Å². The number of nitrogens with zero attached hydrogens (tertiary/aromatic N) is 3. The highest BCUT2D eigenvalue weighted by molar-refractivity contribution is 5.75. The molecule has 1 saturated carbocycles. The molecule has 1 aromatic heterocycles. The van der Waals surface area contributed by atoms with Crippen LogP contribution in [0.1, 0.15) is 32.1 Å². The molecule has 5 nitrogen and oxygen atoms in total. The van der Waals surface area contributed by atoms with Gasteiger partial charge in [0.1, 0.15) is 6.54 Å². The van der Waals surface area contributed by atoms with Crippen molar-refractivity contribution in [1.29, 1.82) is 0 Å². The zero-order valence-electron chi connectivity index (χ0n) is 8.72. The summed E-state index contributed by atoms with van der Waals surface area (Å²) < 4.78 is 1.54. The SMILES string of the molecule is O=C(Cn1ccnn1)NC1CCCCC1. The molecule has 1 N–H and O–H groups in total. The first-order valence-corrected chi connectivity index (χ1v) is 5.48. The van der Waals surface area contributed by atoms with Gasteiger partial charge < -0.3 is 5.32 Å². The average molecular weight is 208 g/mol. The molecule has 1 heterocycles. The minimum absolute atomic E-state index is 0.0346. The van der Waals surface area contributed by atoms with Crippen molar-refractivity contribution in [2.45, 2.75) is 44.7 Å². The van der Waals surface area contributed by atoms with E-state index >= 15 is 0 Å². The summed E-state index contributed by atoms with van der Waals surface area (Å²) in [4.78, 5) is 11.6. The van der Waals surface area contributed by atoms with Crippen molar-refractivity contribution in [3.8, 4) is 0 Å². The first-order chi connectivity index (χ1) is 7.34. The van der Waals surface area contributed by atoms with E-state index in [1.165, 1.54) is 23.9 Å². The van der Waals surface area contributed by atoms with E-state index < -0.39 is 0 Å². The Hall–Kier alpha value is -1.39. The third-order valence-electron chi connectivity index (χ3n) is 2.75. The molecule has 0 aromatic carbocycles. The maximum absolute atomic E-state index is 11.6. The predicted octanol–water partition coefficient (Wildman–Crippen LogP) is 0.727. The minimum atomic E-state index is 0.0346. The normalized spacial score (nSPS) is 17.6. The number of aromatic nitrogens is 3. The van der Waals surface area contributed by atoms with E-state index in [0.717, 1.165) is 12.8 Å². The van der Waals surface area contributed by atoms with Crippen LogP contribution >= 0.6 is 0 Å². The Kier molecular flexibility index (Phi) is 3.32. The van der Waals surface area contributed by atoms with Gasteiger partial charge in [-0.15, -0.1) is 5.10 Å². The second-order valence-corrected chi connectivity index (χ2v) is 4.00. The van der Waals surface area contributed by atoms with Crippen LogP contribution in [0, 0.1) is 0 Å². The van der Waals surface area contributed by atoms with Crippen LogP contribution in [0.25, 0.3) is 0 Å². The highest BCUT2D eigenvalue weighted by atomic mass is 16.2. The van der Waals surface area contributed by atoms with Crippen LogP contribution in [0.3, 0.4) is 0 Å². The van der Waals surface area contributed by atoms with E-state index in [2.05, 4.69) is 15.6 Å². The molecule has 0 atom stereocenters. The molecule has 0 aliphatic heterocycles. The van der Waals surface area contributed by atoms with Gasteiger partial charge in [-0.3, -0.25) is 4.79 Å². The van der Waals surface area contributed by atoms with Gasteiger partial charge in [0, 0.05) is 12.2 Å². The van der Waals surface area contributed by atoms with Gasteiger partial charge in [-0.1, -0.05) is 24.5 Å². The zero-order valence-corrected chi connectivity index (χ0v) is 8.72. The van der Waals surface area contributed by atoms with E-state index in [0.29, 0.717) is 6.04 Å². The number of carbonyl (C=O) groups is 1. The Labute approximate surface area is 88.9 Å². The smallest absolute Gasteiger partial charge is 0.242 e. The summed E-state index contributed by atoms with van der Waals surface area (Å²) in [5.74, 6) is 0.0346. The van der Waals surface area contributed by atoms with Gasteiger partial charge in [-0.25, -0.2) is 4.68 Å². The van der Waals surface area contributed by atoms with E-state index in [9.17, 15) is 4.79 Å². The molecule has 0 spiro atoms. The minimum Gasteiger partial charge on any atom is -0.352 e. The zero-order chi connectivity index (χ0) is 10.5. The lowest BCUT2D eigenvalue weighted by Gasteiger charge is -2.22. The first kappa shape index (κ1) is 10.1. The molecule has 82 valence electrons. The maximum atomic E-state index is 11.6. The topological polar surface area (TPSA) is 59.8 Å². The number of nitrogens with one attached hydrogen (secondary N) is 1. The van der Waals surface area contributed by atoms with E-state index in [1.807, 2.05) is 0 Å². The predicted molar refractivity (Wildman–Crippen MR) is 55.0 cm³/mol. The summed E-state index contributed by atoms with van der Waals surface area (Å²) in [7, 11) is 0. The Balaban J connectivity index is 1.76. The molecule has 1 aliphatic carbocycles. The van der Waals surface area contributed by atoms with E-state index in [-0.39, 0.29) is 12.5 Å². The molecule has 1 aromatic rings. The van der Waals surface area contributed by atoms with Crippen LogP contribution in [-0.4, -0.2) is 26.9 Å². The Morgan fingerprint density at radius 3 is 2.87 bits per heavy atom. The summed E-state index contributed by atoms with van der Waals surface area (Å²) in [6.07, 6.45) is 9.26. The first-order valence-electron chi connectivity index (χ1n) is 5.48. The van der Waals surface area contributed by atoms with Gasteiger partial charge in [0.25, 0.3) is 0 Å². The molecule has 0 unspecified atom stereocenters. The summed E-state index contributed by atoms with van der Waals surface area (Å²) in [5.41, 5.74) is 0. The number of rotatable bonds is 3. The lowest BCUT2D eigenvalue weighted by Crippen LogP contribution is -2.38. The molecule has 15 heavy (non-hydrogen) atoms. The fourth-order valence-electron chi connectivity index (χ4n) is 1.98. The van der Waals surface area contributed by atoms with Crippen LogP contribution in [0.2, 0.25) is 0 Å². The third-order valence-corrected chi connectivity index (χ3v) is 2.75. The van der Waals surface area contributed by atoms with Gasteiger partial charge in [-0.2, -0.15) is 0 Å². The largest absolute Gasteiger partial charge is 0.352 e. The highest BCUT2D eigenvalue weighted by Crippen LogP contribution is 2.17. The number of carbonyl (C=O) groups excluding carboxylic acids is 1. The summed E-state index contributed by atoms with van der Waals surface area (Å²) in [6.45, 7) is 0.274. The number of hydrogen-bond donors (Lipinski definition) is 1. The molecule has 1 amide bonds. The van der Waals surface area contributed by atoms with Gasteiger partial charge in [0.15, 0.2) is 0 Å². The Morgan fingerprint density at radius 2 is 2.20 bits per heavy atom. The molecule has 5 heteroatoms. The summed E-state index contributed by atoms with van der Waals surface area (Å²) in [6, 6.07) is 0.370. The third kappa shape index (κ3) is 3.04. The van der Waals surface area contributed by atoms with E-state index in [1.54, 1.807) is 12.4 Å². The lowest BCUT2D eigenvalue weighted by atomic mass is 9.95. The van der Waals surface area contributed by atoms with Gasteiger partial charge >= 0.3 is 0 Å². The highest BCUT2D eigenvalue weighted by Gasteiger charge is 2.15. The molecule has 2 rings (SSSR count). The fourth-order valence-corrected chi connectivity index (χ4v) is 1.98. The number of hydrogen-bond acceptors (Lipinski definition) is 3. The molecule has 1 aliphatic rings. The Bertz CT molecular complexity index is 303. The van der Waals surface area contributed by atoms with Gasteiger partial charge in [-0.05, 0) is 12.8 Å². The van der Waals surface area contributed by atoms with Gasteiger partial charge in [0.2, 0.25) is 5.91 Å². The van der Waals surface area contributed by atoms with Crippen molar-refractivity contribution in [2.75, 3.05) is 0 Å². The molecule has 0 radical (unpaired) electrons. The maximum Gasteiger partial charge on any atom is 0.242 e. The van der Waals surface area contributed by atoms with Crippen LogP contribution < -0.4 is 5.32 Å². The Morgan fingerprint density at radius 1 is 1.40 bits per heavy atom. The standard InChI is InChI=1S/C10H16N4O/c15-10(8-14-7-6-11-13-14)12-9-4-2-1-3-5-9/h6-7,9H,1-5,8H2,(H,12,15). The fraction of sp³-hybridized carbons (Fsp3) is 0.700. The monoisotopic (exact) mass is 208 g/mol. The van der Waals surface area contributed by atoms with Crippen LogP contribution in [0.15, 0.2) is 12.4 Å². The summed E-state index contributed by atoms with van der Waals surface area (Å²) in [5, 5.41) is 10.4. The second kappa shape index (κ2) is 4.91. The average Bonchev–Trinajstić information content (AvgIpc) is 2.71. The van der Waals surface area contributed by atoms with Crippen molar-refractivity contribution < 1.29 is 4.79 Å². The quantitative estimate of drug-likeness (QED) is 0.796. The van der Waals surface area contributed by atoms with Crippen molar-refractivity contribution >= 4 is 5.91 Å². The molecular formula is C10H16N4O. The second-order valence-electron chi connectivity index (χ2n) is 4.00. The lowest BCUT2D eigenvalue weighted by molar-refractivity contribution is -0.122. The van der Waals surface area contributed by atoms with Gasteiger partial charge in [0.05, 0.1) is 6.20 Å². The van der Waals surface area contributed by atoms with Crippen molar-refractivity contribution in [3.63, 3.8) is 0 Å². The molecule has 1 fully saturated rings. The van der Waals surface area contributed by atoms with Crippen LogP contribution in [-0.2, 0) is 11.3 Å². The number of amides is 1. The molecule has 0 saturated heterocycles. The van der Waals surface area contributed by atoms with Crippen LogP contribution in [0.5, 0.6) is 0 Å². The molecule has 0 bridgehead atoms.